The number of nitrogens with one attached hydrogen (secondary N) is 3. The van der Waals surface area contributed by atoms with Crippen molar-refractivity contribution in [2.75, 3.05) is 17.2 Å². The number of carbonyl (C=O) groups is 1. The highest BCUT2D eigenvalue weighted by atomic mass is 16.5. The molecule has 184 valence electrons. The number of hydrogen-bond donors (Lipinski definition) is 3. The summed E-state index contributed by atoms with van der Waals surface area (Å²) in [5.41, 5.74) is 0.101. The molecule has 0 aliphatic rings. The molecule has 0 saturated carbocycles. The normalized spacial score (nSPS) is 12.1. The highest BCUT2D eigenvalue weighted by molar-refractivity contribution is 5.81. The van der Waals surface area contributed by atoms with Crippen molar-refractivity contribution in [2.24, 2.45) is 5.41 Å². The Morgan fingerprint density at radius 3 is 2.25 bits per heavy atom. The lowest BCUT2D eigenvalue weighted by atomic mass is 9.82. The third kappa shape index (κ3) is 5.96. The lowest BCUT2D eigenvalue weighted by molar-refractivity contribution is -0.124. The topological polar surface area (TPSA) is 109 Å². The molecule has 4 aromatic rings. The van der Waals surface area contributed by atoms with Gasteiger partial charge in [0.05, 0.1) is 11.9 Å². The average molecular weight is 485 g/mol. The minimum atomic E-state index is -0.678. The summed E-state index contributed by atoms with van der Waals surface area (Å²) >= 11 is 0. The Morgan fingerprint density at radius 2 is 1.58 bits per heavy atom. The molecule has 36 heavy (non-hydrogen) atoms. The van der Waals surface area contributed by atoms with Crippen molar-refractivity contribution >= 4 is 23.0 Å². The van der Waals surface area contributed by atoms with E-state index in [4.69, 9.17) is 4.74 Å². The number of aromatic nitrogens is 1. The van der Waals surface area contributed by atoms with Gasteiger partial charge in [0.1, 0.15) is 23.3 Å². The fourth-order valence-corrected chi connectivity index (χ4v) is 3.89. The van der Waals surface area contributed by atoms with Crippen LogP contribution in [0.2, 0.25) is 0 Å². The van der Waals surface area contributed by atoms with E-state index in [-0.39, 0.29) is 23.9 Å². The molecule has 0 bridgehead atoms. The van der Waals surface area contributed by atoms with E-state index in [0.717, 1.165) is 5.56 Å². The molecule has 0 radical (unpaired) electrons. The Bertz CT molecular complexity index is 1370. The second-order valence-corrected chi connectivity index (χ2v) is 9.17. The van der Waals surface area contributed by atoms with Gasteiger partial charge >= 0.3 is 0 Å². The van der Waals surface area contributed by atoms with Gasteiger partial charge in [-0.1, -0.05) is 62.4 Å². The first kappa shape index (κ1) is 24.7. The molecule has 0 spiro atoms. The van der Waals surface area contributed by atoms with E-state index in [9.17, 15) is 14.4 Å². The molecule has 0 saturated heterocycles. The molecular formula is C28H28N4O4. The van der Waals surface area contributed by atoms with Crippen molar-refractivity contribution < 1.29 is 9.53 Å². The SMILES string of the molecule is CC(C)(Cc1ccccc1)C(NC(=O)COc1ccccc1)Nc1c(Nc2cccnc2)c(=O)c1=O. The molecule has 3 N–H and O–H groups in total. The van der Waals surface area contributed by atoms with Gasteiger partial charge in [0.15, 0.2) is 6.61 Å². The van der Waals surface area contributed by atoms with Gasteiger partial charge in [0.25, 0.3) is 16.8 Å². The van der Waals surface area contributed by atoms with Crippen molar-refractivity contribution in [2.45, 2.75) is 26.4 Å². The Labute approximate surface area is 209 Å². The number of ether oxygens (including phenoxy) is 1. The molecule has 8 nitrogen and oxygen atoms in total. The van der Waals surface area contributed by atoms with Crippen LogP contribution in [0.1, 0.15) is 19.4 Å². The van der Waals surface area contributed by atoms with Crippen LogP contribution >= 0.6 is 0 Å². The molecule has 1 unspecified atom stereocenters. The Morgan fingerprint density at radius 1 is 0.917 bits per heavy atom. The van der Waals surface area contributed by atoms with E-state index in [0.29, 0.717) is 17.9 Å². The van der Waals surface area contributed by atoms with Crippen molar-refractivity contribution in [3.05, 3.63) is 111 Å². The van der Waals surface area contributed by atoms with Crippen LogP contribution in [0.15, 0.2) is 94.8 Å². The van der Waals surface area contributed by atoms with Gasteiger partial charge in [0, 0.05) is 11.6 Å². The molecule has 1 aromatic heterocycles. The second kappa shape index (κ2) is 10.9. The molecular weight excluding hydrogens is 456 g/mol. The van der Waals surface area contributed by atoms with E-state index >= 15 is 0 Å². The minimum Gasteiger partial charge on any atom is -0.484 e. The molecule has 1 heterocycles. The molecule has 0 aliphatic carbocycles. The van der Waals surface area contributed by atoms with Gasteiger partial charge in [-0.15, -0.1) is 0 Å². The molecule has 4 rings (SSSR count). The summed E-state index contributed by atoms with van der Waals surface area (Å²) in [4.78, 5) is 41.7. The predicted molar refractivity (Wildman–Crippen MR) is 140 cm³/mol. The number of benzene rings is 2. The first-order valence-corrected chi connectivity index (χ1v) is 11.6. The monoisotopic (exact) mass is 484 g/mol. The first-order valence-electron chi connectivity index (χ1n) is 11.6. The number of nitrogens with zero attached hydrogens (tertiary/aromatic N) is 1. The van der Waals surface area contributed by atoms with Crippen LogP contribution in [-0.4, -0.2) is 23.7 Å². The van der Waals surface area contributed by atoms with Crippen molar-refractivity contribution in [1.82, 2.24) is 10.3 Å². The molecule has 1 amide bonds. The fourth-order valence-electron chi connectivity index (χ4n) is 3.89. The summed E-state index contributed by atoms with van der Waals surface area (Å²) < 4.78 is 5.59. The number of amides is 1. The number of rotatable bonds is 11. The fraction of sp³-hybridized carbons (Fsp3) is 0.214. The van der Waals surface area contributed by atoms with E-state index in [1.165, 1.54) is 0 Å². The van der Waals surface area contributed by atoms with E-state index in [1.807, 2.05) is 62.4 Å². The predicted octanol–water partition coefficient (Wildman–Crippen LogP) is 3.62. The van der Waals surface area contributed by atoms with Crippen molar-refractivity contribution in [1.29, 1.82) is 0 Å². The molecule has 3 aromatic carbocycles. The standard InChI is InChI=1S/C28H28N4O4/c1-28(2,16-19-10-5-3-6-11-19)27(31-22(33)18-36-21-13-7-4-8-14-21)32-24-23(25(34)26(24)35)30-20-12-9-15-29-17-20/h3-15,17,27,30,32H,16,18H2,1-2H3,(H,31,33). The number of anilines is 3. The Kier molecular flexibility index (Phi) is 7.44. The van der Waals surface area contributed by atoms with Gasteiger partial charge in [-0.3, -0.25) is 19.4 Å². The van der Waals surface area contributed by atoms with E-state index in [1.54, 1.807) is 36.7 Å². The van der Waals surface area contributed by atoms with Crippen LogP contribution in [0.4, 0.5) is 17.1 Å². The maximum absolute atomic E-state index is 12.9. The van der Waals surface area contributed by atoms with Crippen LogP contribution in [0.5, 0.6) is 5.75 Å². The quantitative estimate of drug-likeness (QED) is 0.220. The summed E-state index contributed by atoms with van der Waals surface area (Å²) in [6, 6.07) is 22.4. The summed E-state index contributed by atoms with van der Waals surface area (Å²) in [6.07, 6.45) is 3.09. The Balaban J connectivity index is 1.55. The summed E-state index contributed by atoms with van der Waals surface area (Å²) in [7, 11) is 0. The zero-order chi connectivity index (χ0) is 25.5. The summed E-state index contributed by atoms with van der Waals surface area (Å²) in [5, 5.41) is 9.05. The van der Waals surface area contributed by atoms with Gasteiger partial charge in [-0.25, -0.2) is 0 Å². The van der Waals surface area contributed by atoms with Crippen molar-refractivity contribution in [3.63, 3.8) is 0 Å². The second-order valence-electron chi connectivity index (χ2n) is 9.17. The first-order chi connectivity index (χ1) is 17.3. The van der Waals surface area contributed by atoms with Crippen LogP contribution in [0.3, 0.4) is 0 Å². The lowest BCUT2D eigenvalue weighted by Crippen LogP contribution is -2.54. The van der Waals surface area contributed by atoms with Gasteiger partial charge in [-0.2, -0.15) is 0 Å². The van der Waals surface area contributed by atoms with Crippen LogP contribution in [-0.2, 0) is 11.2 Å². The van der Waals surface area contributed by atoms with E-state index < -0.39 is 22.4 Å². The summed E-state index contributed by atoms with van der Waals surface area (Å²) in [6.45, 7) is 3.77. The van der Waals surface area contributed by atoms with Gasteiger partial charge in [0.2, 0.25) is 0 Å². The number of pyridine rings is 1. The third-order valence-electron chi connectivity index (χ3n) is 5.83. The zero-order valence-corrected chi connectivity index (χ0v) is 20.2. The van der Waals surface area contributed by atoms with Gasteiger partial charge in [-0.05, 0) is 36.2 Å². The van der Waals surface area contributed by atoms with Crippen LogP contribution in [0.25, 0.3) is 0 Å². The highest BCUT2D eigenvalue weighted by Gasteiger charge is 2.34. The number of para-hydroxylation sites is 1. The smallest absolute Gasteiger partial charge is 0.259 e. The van der Waals surface area contributed by atoms with Crippen molar-refractivity contribution in [3.8, 4) is 5.75 Å². The molecule has 1 atom stereocenters. The Hall–Kier alpha value is -4.46. The maximum Gasteiger partial charge on any atom is 0.259 e. The maximum atomic E-state index is 12.9. The molecule has 0 fully saturated rings. The molecule has 0 aliphatic heterocycles. The van der Waals surface area contributed by atoms with Gasteiger partial charge < -0.3 is 20.7 Å². The number of carbonyl (C=O) groups excluding carboxylic acids is 1. The average Bonchev–Trinajstić information content (AvgIpc) is 2.90. The summed E-state index contributed by atoms with van der Waals surface area (Å²) in [5.74, 6) is 0.212. The van der Waals surface area contributed by atoms with E-state index in [2.05, 4.69) is 20.9 Å². The van der Waals surface area contributed by atoms with Crippen LogP contribution in [0, 0.1) is 5.41 Å². The lowest BCUT2D eigenvalue weighted by Gasteiger charge is -2.37. The minimum absolute atomic E-state index is 0.124. The third-order valence-corrected chi connectivity index (χ3v) is 5.83. The number of hydrogen-bond acceptors (Lipinski definition) is 7. The van der Waals surface area contributed by atoms with Crippen LogP contribution < -0.4 is 31.5 Å². The largest absolute Gasteiger partial charge is 0.484 e. The zero-order valence-electron chi connectivity index (χ0n) is 20.2. The molecule has 8 heteroatoms. The highest BCUT2D eigenvalue weighted by Crippen LogP contribution is 2.29.